The standard InChI is InChI=1S/C10H23NO2/c1-4-10(2,3)11-6-5-8-13-9-7-12/h11-12H,4-9H2,1-3H3. The summed E-state index contributed by atoms with van der Waals surface area (Å²) in [4.78, 5) is 0. The molecule has 0 fully saturated rings. The van der Waals surface area contributed by atoms with Crippen LogP contribution in [0.2, 0.25) is 0 Å². The Morgan fingerprint density at radius 2 is 2.00 bits per heavy atom. The van der Waals surface area contributed by atoms with Gasteiger partial charge >= 0.3 is 0 Å². The number of hydrogen-bond acceptors (Lipinski definition) is 3. The van der Waals surface area contributed by atoms with Crippen molar-refractivity contribution in [1.82, 2.24) is 5.32 Å². The molecule has 0 spiro atoms. The molecule has 0 aliphatic rings. The maximum Gasteiger partial charge on any atom is 0.0697 e. The van der Waals surface area contributed by atoms with Crippen LogP contribution in [0.1, 0.15) is 33.6 Å². The Morgan fingerprint density at radius 3 is 2.54 bits per heavy atom. The van der Waals surface area contributed by atoms with Crippen molar-refractivity contribution >= 4 is 0 Å². The van der Waals surface area contributed by atoms with Crippen LogP contribution in [-0.2, 0) is 4.74 Å². The van der Waals surface area contributed by atoms with E-state index in [1.54, 1.807) is 0 Å². The van der Waals surface area contributed by atoms with E-state index in [0.29, 0.717) is 6.61 Å². The molecule has 0 atom stereocenters. The second kappa shape index (κ2) is 7.30. The molecule has 0 rings (SSSR count). The van der Waals surface area contributed by atoms with Crippen molar-refractivity contribution in [3.05, 3.63) is 0 Å². The van der Waals surface area contributed by atoms with Gasteiger partial charge in [-0.2, -0.15) is 0 Å². The number of aliphatic hydroxyl groups excluding tert-OH is 1. The topological polar surface area (TPSA) is 41.5 Å². The van der Waals surface area contributed by atoms with E-state index < -0.39 is 0 Å². The number of aliphatic hydroxyl groups is 1. The van der Waals surface area contributed by atoms with Gasteiger partial charge in [0.2, 0.25) is 0 Å². The molecule has 2 N–H and O–H groups in total. The van der Waals surface area contributed by atoms with Crippen molar-refractivity contribution in [1.29, 1.82) is 0 Å². The largest absolute Gasteiger partial charge is 0.394 e. The maximum atomic E-state index is 8.45. The molecule has 0 saturated heterocycles. The van der Waals surface area contributed by atoms with Crippen molar-refractivity contribution in [2.75, 3.05) is 26.4 Å². The Kier molecular flexibility index (Phi) is 7.23. The fourth-order valence-electron chi connectivity index (χ4n) is 0.893. The zero-order chi connectivity index (χ0) is 10.2. The molecular formula is C10H23NO2. The number of rotatable bonds is 8. The summed E-state index contributed by atoms with van der Waals surface area (Å²) < 4.78 is 5.14. The van der Waals surface area contributed by atoms with Crippen molar-refractivity contribution in [2.24, 2.45) is 0 Å². The minimum atomic E-state index is 0.119. The number of nitrogens with one attached hydrogen (secondary N) is 1. The van der Waals surface area contributed by atoms with Crippen LogP contribution in [0.25, 0.3) is 0 Å². The summed E-state index contributed by atoms with van der Waals surface area (Å²) in [5, 5.41) is 11.9. The summed E-state index contributed by atoms with van der Waals surface area (Å²) in [6.07, 6.45) is 2.13. The van der Waals surface area contributed by atoms with E-state index >= 15 is 0 Å². The van der Waals surface area contributed by atoms with Gasteiger partial charge in [-0.1, -0.05) is 6.92 Å². The Labute approximate surface area is 81.5 Å². The molecule has 0 aliphatic carbocycles. The third-order valence-electron chi connectivity index (χ3n) is 2.19. The molecule has 0 aromatic carbocycles. The molecule has 3 nitrogen and oxygen atoms in total. The Morgan fingerprint density at radius 1 is 1.31 bits per heavy atom. The van der Waals surface area contributed by atoms with E-state index in [1.165, 1.54) is 0 Å². The predicted molar refractivity (Wildman–Crippen MR) is 54.9 cm³/mol. The predicted octanol–water partition coefficient (Wildman–Crippen LogP) is 1.16. The van der Waals surface area contributed by atoms with Gasteiger partial charge in [0, 0.05) is 12.1 Å². The van der Waals surface area contributed by atoms with Crippen molar-refractivity contribution < 1.29 is 9.84 Å². The highest BCUT2D eigenvalue weighted by Crippen LogP contribution is 2.05. The van der Waals surface area contributed by atoms with Crippen LogP contribution in [0.15, 0.2) is 0 Å². The maximum absolute atomic E-state index is 8.45. The molecule has 0 amide bonds. The second-order valence-corrected chi connectivity index (χ2v) is 3.85. The van der Waals surface area contributed by atoms with Crippen LogP contribution in [0.3, 0.4) is 0 Å². The monoisotopic (exact) mass is 189 g/mol. The fraction of sp³-hybridized carbons (Fsp3) is 1.00. The smallest absolute Gasteiger partial charge is 0.0697 e. The van der Waals surface area contributed by atoms with Crippen molar-refractivity contribution in [3.8, 4) is 0 Å². The lowest BCUT2D eigenvalue weighted by molar-refractivity contribution is 0.0897. The van der Waals surface area contributed by atoms with E-state index in [0.717, 1.165) is 26.0 Å². The van der Waals surface area contributed by atoms with E-state index in [9.17, 15) is 0 Å². The molecule has 0 bridgehead atoms. The zero-order valence-corrected chi connectivity index (χ0v) is 9.10. The summed E-state index contributed by atoms with van der Waals surface area (Å²) in [5.41, 5.74) is 0.233. The molecule has 0 saturated carbocycles. The van der Waals surface area contributed by atoms with E-state index in [2.05, 4.69) is 26.1 Å². The SMILES string of the molecule is CCC(C)(C)NCCCOCCO. The first-order valence-corrected chi connectivity index (χ1v) is 5.06. The highest BCUT2D eigenvalue weighted by atomic mass is 16.5. The lowest BCUT2D eigenvalue weighted by Gasteiger charge is -2.24. The third-order valence-corrected chi connectivity index (χ3v) is 2.19. The highest BCUT2D eigenvalue weighted by Gasteiger charge is 2.12. The average molecular weight is 189 g/mol. The summed E-state index contributed by atoms with van der Waals surface area (Å²) in [5.74, 6) is 0. The minimum Gasteiger partial charge on any atom is -0.394 e. The zero-order valence-electron chi connectivity index (χ0n) is 9.10. The van der Waals surface area contributed by atoms with Crippen molar-refractivity contribution in [3.63, 3.8) is 0 Å². The average Bonchev–Trinajstić information content (AvgIpc) is 2.11. The normalized spacial score (nSPS) is 12.0. The summed E-state index contributed by atoms with van der Waals surface area (Å²) >= 11 is 0. The molecule has 0 heterocycles. The van der Waals surface area contributed by atoms with E-state index in [4.69, 9.17) is 9.84 Å². The minimum absolute atomic E-state index is 0.119. The van der Waals surface area contributed by atoms with Gasteiger partial charge in [0.05, 0.1) is 13.2 Å². The van der Waals surface area contributed by atoms with Gasteiger partial charge in [-0.25, -0.2) is 0 Å². The Hall–Kier alpha value is -0.120. The van der Waals surface area contributed by atoms with Gasteiger partial charge in [-0.05, 0) is 33.2 Å². The molecule has 13 heavy (non-hydrogen) atoms. The molecule has 0 aromatic rings. The van der Waals surface area contributed by atoms with Gasteiger partial charge in [-0.15, -0.1) is 0 Å². The van der Waals surface area contributed by atoms with Gasteiger partial charge in [-0.3, -0.25) is 0 Å². The highest BCUT2D eigenvalue weighted by molar-refractivity contribution is 4.74. The first kappa shape index (κ1) is 12.9. The summed E-state index contributed by atoms with van der Waals surface area (Å²) in [6.45, 7) is 8.85. The molecule has 3 heteroatoms. The van der Waals surface area contributed by atoms with Crippen molar-refractivity contribution in [2.45, 2.75) is 39.2 Å². The molecule has 80 valence electrons. The van der Waals surface area contributed by atoms with Crippen LogP contribution in [0, 0.1) is 0 Å². The van der Waals surface area contributed by atoms with Crippen LogP contribution in [-0.4, -0.2) is 37.0 Å². The van der Waals surface area contributed by atoms with Gasteiger partial charge in [0.15, 0.2) is 0 Å². The first-order chi connectivity index (χ1) is 6.12. The second-order valence-electron chi connectivity index (χ2n) is 3.85. The van der Waals surface area contributed by atoms with Crippen LogP contribution in [0.5, 0.6) is 0 Å². The molecule has 0 aromatic heterocycles. The van der Waals surface area contributed by atoms with Crippen LogP contribution in [0.4, 0.5) is 0 Å². The molecule has 0 aliphatic heterocycles. The van der Waals surface area contributed by atoms with Gasteiger partial charge in [0.25, 0.3) is 0 Å². The van der Waals surface area contributed by atoms with Crippen LogP contribution < -0.4 is 5.32 Å². The van der Waals surface area contributed by atoms with Gasteiger partial charge < -0.3 is 15.2 Å². The molecule has 0 radical (unpaired) electrons. The number of hydrogen-bond donors (Lipinski definition) is 2. The lowest BCUT2D eigenvalue weighted by Crippen LogP contribution is -2.39. The molecular weight excluding hydrogens is 166 g/mol. The Bertz CT molecular complexity index is 115. The first-order valence-electron chi connectivity index (χ1n) is 5.06. The Balaban J connectivity index is 3.16. The van der Waals surface area contributed by atoms with E-state index in [-0.39, 0.29) is 12.1 Å². The third kappa shape index (κ3) is 8.22. The molecule has 0 unspecified atom stereocenters. The quantitative estimate of drug-likeness (QED) is 0.563. The fourth-order valence-corrected chi connectivity index (χ4v) is 0.893. The van der Waals surface area contributed by atoms with Crippen LogP contribution >= 0.6 is 0 Å². The number of ether oxygens (including phenoxy) is 1. The lowest BCUT2D eigenvalue weighted by atomic mass is 10.0. The summed E-state index contributed by atoms with van der Waals surface area (Å²) in [6, 6.07) is 0. The van der Waals surface area contributed by atoms with E-state index in [1.807, 2.05) is 0 Å². The summed E-state index contributed by atoms with van der Waals surface area (Å²) in [7, 11) is 0. The van der Waals surface area contributed by atoms with Gasteiger partial charge in [0.1, 0.15) is 0 Å².